The van der Waals surface area contributed by atoms with E-state index in [0.29, 0.717) is 13.3 Å². The first-order valence-electron chi connectivity index (χ1n) is 9.58. The van der Waals surface area contributed by atoms with Gasteiger partial charge >= 0.3 is 0 Å². The van der Waals surface area contributed by atoms with E-state index in [1.807, 2.05) is 54.7 Å². The van der Waals surface area contributed by atoms with Crippen LogP contribution in [0.1, 0.15) is 17.6 Å². The summed E-state index contributed by atoms with van der Waals surface area (Å²) in [6, 6.07) is 18.0. The van der Waals surface area contributed by atoms with Crippen molar-refractivity contribution >= 4 is 22.9 Å². The molecular formula is C21H19N7O. The quantitative estimate of drug-likeness (QED) is 0.585. The Kier molecular flexibility index (Phi) is 3.63. The molecule has 3 aromatic heterocycles. The summed E-state index contributed by atoms with van der Waals surface area (Å²) in [5.74, 6) is 2.50. The van der Waals surface area contributed by atoms with Crippen molar-refractivity contribution in [3.8, 4) is 0 Å². The van der Waals surface area contributed by atoms with Crippen LogP contribution in [0.3, 0.4) is 0 Å². The summed E-state index contributed by atoms with van der Waals surface area (Å²) in [5, 5.41) is 3.54. The number of hydrogen-bond acceptors (Lipinski definition) is 7. The molecule has 8 heteroatoms. The van der Waals surface area contributed by atoms with Crippen LogP contribution in [0.4, 0.5) is 5.95 Å². The Labute approximate surface area is 167 Å². The maximum atomic E-state index is 5.72. The lowest BCUT2D eigenvalue weighted by Crippen LogP contribution is -2.57. The van der Waals surface area contributed by atoms with Gasteiger partial charge in [-0.3, -0.25) is 19.4 Å². The lowest BCUT2D eigenvalue weighted by Gasteiger charge is -2.41. The Morgan fingerprint density at radius 1 is 1.07 bits per heavy atom. The summed E-state index contributed by atoms with van der Waals surface area (Å²) in [7, 11) is 0. The highest BCUT2D eigenvalue weighted by Crippen LogP contribution is 2.34. The van der Waals surface area contributed by atoms with E-state index in [4.69, 9.17) is 14.4 Å². The van der Waals surface area contributed by atoms with Crippen LogP contribution in [0, 0.1) is 0 Å². The van der Waals surface area contributed by atoms with Crippen LogP contribution in [-0.4, -0.2) is 38.7 Å². The number of aromatic nitrogens is 3. The predicted octanol–water partition coefficient (Wildman–Crippen LogP) is 2.77. The van der Waals surface area contributed by atoms with Crippen molar-refractivity contribution in [2.75, 3.05) is 18.2 Å². The van der Waals surface area contributed by atoms with Crippen molar-refractivity contribution in [3.05, 3.63) is 78.5 Å². The van der Waals surface area contributed by atoms with E-state index in [1.54, 1.807) is 6.26 Å². The normalized spacial score (nSPS) is 18.8. The molecule has 1 aromatic carbocycles. The monoisotopic (exact) mass is 385 g/mol. The van der Waals surface area contributed by atoms with Crippen LogP contribution in [0.2, 0.25) is 0 Å². The molecule has 29 heavy (non-hydrogen) atoms. The minimum atomic E-state index is -0.190. The zero-order valence-corrected chi connectivity index (χ0v) is 15.6. The van der Waals surface area contributed by atoms with Gasteiger partial charge in [0.1, 0.15) is 5.76 Å². The number of guanidine groups is 1. The van der Waals surface area contributed by atoms with Gasteiger partial charge in [-0.1, -0.05) is 18.2 Å². The number of benzene rings is 1. The molecular weight excluding hydrogens is 366 g/mol. The molecule has 2 aliphatic heterocycles. The maximum Gasteiger partial charge on any atom is 0.216 e. The van der Waals surface area contributed by atoms with Crippen LogP contribution in [0.5, 0.6) is 0 Å². The molecule has 0 radical (unpaired) electrons. The molecule has 144 valence electrons. The van der Waals surface area contributed by atoms with Gasteiger partial charge in [-0.25, -0.2) is 9.98 Å². The molecule has 6 rings (SSSR count). The number of pyridine rings is 1. The zero-order valence-electron chi connectivity index (χ0n) is 15.6. The molecule has 0 saturated carbocycles. The second-order valence-corrected chi connectivity index (χ2v) is 7.18. The van der Waals surface area contributed by atoms with Crippen molar-refractivity contribution < 1.29 is 4.42 Å². The lowest BCUT2D eigenvalue weighted by atomic mass is 10.2. The summed E-state index contributed by atoms with van der Waals surface area (Å²) in [5.41, 5.74) is 3.03. The number of para-hydroxylation sites is 2. The van der Waals surface area contributed by atoms with Crippen LogP contribution in [0.15, 0.2) is 76.5 Å². The molecule has 0 amide bonds. The Balaban J connectivity index is 1.42. The van der Waals surface area contributed by atoms with Crippen LogP contribution in [0.25, 0.3) is 11.0 Å². The average molecular weight is 385 g/mol. The number of fused-ring (bicyclic) bond motifs is 5. The highest BCUT2D eigenvalue weighted by molar-refractivity contribution is 5.98. The predicted molar refractivity (Wildman–Crippen MR) is 109 cm³/mol. The van der Waals surface area contributed by atoms with Crippen molar-refractivity contribution in [1.29, 1.82) is 0 Å². The fraction of sp³-hybridized carbons (Fsp3) is 0.190. The van der Waals surface area contributed by atoms with Crippen LogP contribution >= 0.6 is 0 Å². The molecule has 1 N–H and O–H groups in total. The number of rotatable bonds is 3. The van der Waals surface area contributed by atoms with Crippen molar-refractivity contribution in [1.82, 2.24) is 24.8 Å². The van der Waals surface area contributed by atoms with E-state index in [1.165, 1.54) is 0 Å². The molecule has 2 aliphatic rings. The molecule has 0 saturated heterocycles. The number of aliphatic imine (C=N–C) groups is 1. The molecule has 4 aromatic rings. The van der Waals surface area contributed by atoms with Gasteiger partial charge in [0.05, 0.1) is 36.3 Å². The van der Waals surface area contributed by atoms with E-state index in [0.717, 1.165) is 40.9 Å². The van der Waals surface area contributed by atoms with Crippen LogP contribution < -0.4 is 10.2 Å². The van der Waals surface area contributed by atoms with E-state index in [-0.39, 0.29) is 6.17 Å². The molecule has 8 nitrogen and oxygen atoms in total. The van der Waals surface area contributed by atoms with Gasteiger partial charge in [-0.2, -0.15) is 0 Å². The molecule has 0 fully saturated rings. The van der Waals surface area contributed by atoms with Crippen molar-refractivity contribution in [2.24, 2.45) is 4.99 Å². The van der Waals surface area contributed by atoms with Crippen molar-refractivity contribution in [2.45, 2.75) is 12.7 Å². The van der Waals surface area contributed by atoms with Gasteiger partial charge in [0.2, 0.25) is 11.9 Å². The number of nitrogens with one attached hydrogen (secondary N) is 1. The summed E-state index contributed by atoms with van der Waals surface area (Å²) in [6.07, 6.45) is 3.33. The Bertz CT molecular complexity index is 1180. The Morgan fingerprint density at radius 2 is 2.00 bits per heavy atom. The summed E-state index contributed by atoms with van der Waals surface area (Å²) in [4.78, 5) is 18.5. The van der Waals surface area contributed by atoms with Gasteiger partial charge in [0, 0.05) is 12.7 Å². The van der Waals surface area contributed by atoms with Gasteiger partial charge in [-0.15, -0.1) is 0 Å². The minimum absolute atomic E-state index is 0.190. The number of anilines is 1. The Hall–Kier alpha value is -3.65. The molecule has 5 heterocycles. The minimum Gasteiger partial charge on any atom is -0.465 e. The van der Waals surface area contributed by atoms with Crippen LogP contribution in [-0.2, 0) is 6.54 Å². The molecule has 0 unspecified atom stereocenters. The van der Waals surface area contributed by atoms with E-state index in [9.17, 15) is 0 Å². The SMILES string of the molecule is c1ccc(CN2CN=C3N[C@H](c4ccco4)n4c(nc5ccccc54)N3C2)nc1. The highest BCUT2D eigenvalue weighted by atomic mass is 16.3. The van der Waals surface area contributed by atoms with Gasteiger partial charge in [0.25, 0.3) is 0 Å². The number of hydrogen-bond donors (Lipinski definition) is 1. The standard InChI is InChI=1S/C21H19N7O/c1-2-8-17-16(7-1)24-21-27-14-26(12-15-6-3-4-10-22-15)13-23-20(27)25-19(28(17)21)18-9-5-11-29-18/h1-11,19H,12-14H2,(H,23,25)/t19-/m0/s1. The van der Waals surface area contributed by atoms with E-state index >= 15 is 0 Å². The third-order valence-electron chi connectivity index (χ3n) is 5.28. The Morgan fingerprint density at radius 3 is 2.86 bits per heavy atom. The fourth-order valence-corrected chi connectivity index (χ4v) is 3.98. The van der Waals surface area contributed by atoms with Crippen molar-refractivity contribution in [3.63, 3.8) is 0 Å². The summed E-state index contributed by atoms with van der Waals surface area (Å²) >= 11 is 0. The second-order valence-electron chi connectivity index (χ2n) is 7.18. The first kappa shape index (κ1) is 16.3. The molecule has 0 aliphatic carbocycles. The van der Waals surface area contributed by atoms with Gasteiger partial charge in [-0.05, 0) is 36.4 Å². The zero-order chi connectivity index (χ0) is 19.2. The first-order chi connectivity index (χ1) is 14.4. The van der Waals surface area contributed by atoms with Gasteiger partial charge in [0.15, 0.2) is 6.17 Å². The maximum absolute atomic E-state index is 5.72. The highest BCUT2D eigenvalue weighted by Gasteiger charge is 2.36. The summed E-state index contributed by atoms with van der Waals surface area (Å²) in [6.45, 7) is 2.01. The largest absolute Gasteiger partial charge is 0.465 e. The van der Waals surface area contributed by atoms with E-state index < -0.39 is 0 Å². The van der Waals surface area contributed by atoms with Gasteiger partial charge < -0.3 is 9.73 Å². The topological polar surface area (TPSA) is 74.7 Å². The number of imidazole rings is 1. The van der Waals surface area contributed by atoms with E-state index in [2.05, 4.69) is 30.7 Å². The second kappa shape index (κ2) is 6.46. The third kappa shape index (κ3) is 2.68. The fourth-order valence-electron chi connectivity index (χ4n) is 3.98. The number of nitrogens with zero attached hydrogens (tertiary/aromatic N) is 6. The lowest BCUT2D eigenvalue weighted by molar-refractivity contribution is 0.259. The third-order valence-corrected chi connectivity index (χ3v) is 5.28. The molecule has 0 spiro atoms. The molecule has 0 bridgehead atoms. The molecule has 1 atom stereocenters. The smallest absolute Gasteiger partial charge is 0.216 e. The average Bonchev–Trinajstić information content (AvgIpc) is 3.43. The number of furan rings is 1. The summed E-state index contributed by atoms with van der Waals surface area (Å²) < 4.78 is 7.90. The first-order valence-corrected chi connectivity index (χ1v) is 9.58.